The summed E-state index contributed by atoms with van der Waals surface area (Å²) in [4.78, 5) is 37.4. The summed E-state index contributed by atoms with van der Waals surface area (Å²) in [5.41, 5.74) is 0. The van der Waals surface area contributed by atoms with E-state index in [1.807, 2.05) is 4.90 Å². The first kappa shape index (κ1) is 18.2. The Kier molecular flexibility index (Phi) is 4.89. The highest BCUT2D eigenvalue weighted by Crippen LogP contribution is 2.44. The van der Waals surface area contributed by atoms with E-state index < -0.39 is 0 Å². The molecule has 6 nitrogen and oxygen atoms in total. The predicted molar refractivity (Wildman–Crippen MR) is 106 cm³/mol. The maximum Gasteiger partial charge on any atom is 0.289 e. The van der Waals surface area contributed by atoms with Crippen LogP contribution in [0, 0.1) is 17.8 Å². The van der Waals surface area contributed by atoms with Gasteiger partial charge in [0, 0.05) is 44.0 Å². The van der Waals surface area contributed by atoms with Crippen molar-refractivity contribution in [1.82, 2.24) is 19.8 Å². The third-order valence-corrected chi connectivity index (χ3v) is 7.78. The highest BCUT2D eigenvalue weighted by atomic mass is 16.2. The van der Waals surface area contributed by atoms with Gasteiger partial charge in [-0.05, 0) is 43.4 Å². The van der Waals surface area contributed by atoms with E-state index in [0.717, 1.165) is 38.3 Å². The van der Waals surface area contributed by atoms with E-state index in [2.05, 4.69) is 14.9 Å². The van der Waals surface area contributed by atoms with Crippen molar-refractivity contribution in [3.05, 3.63) is 18.2 Å². The highest BCUT2D eigenvalue weighted by Gasteiger charge is 2.50. The molecule has 4 atom stereocenters. The van der Waals surface area contributed by atoms with E-state index in [4.69, 9.17) is 0 Å². The average Bonchev–Trinajstić information content (AvgIpc) is 3.26. The number of rotatable bonds is 3. The Labute approximate surface area is 167 Å². The number of carbonyl (C=O) groups is 2. The molecule has 0 radical (unpaired) electrons. The first-order valence-corrected chi connectivity index (χ1v) is 11.3. The van der Waals surface area contributed by atoms with Crippen LogP contribution in [0.25, 0.3) is 0 Å². The summed E-state index contributed by atoms with van der Waals surface area (Å²) in [5, 5.41) is 0. The standard InChI is InChI=1S/C22H32N4O2/c27-20-8-4-7-18-16-12-17(14-25(13-16)22(28)21-23-9-10-24-21)19(26(18)20)11-15-5-2-1-3-6-15/h9-10,15-19H,1-8,11-14H2,(H,23,24)/t16-,17+,18+,19+/m1/s1. The molecule has 152 valence electrons. The summed E-state index contributed by atoms with van der Waals surface area (Å²) in [6.45, 7) is 1.53. The van der Waals surface area contributed by atoms with Crippen LogP contribution in [0.5, 0.6) is 0 Å². The molecule has 1 N–H and O–H groups in total. The molecule has 1 aliphatic carbocycles. The number of hydrogen-bond acceptors (Lipinski definition) is 3. The number of hydrogen-bond donors (Lipinski definition) is 1. The molecule has 1 aromatic heterocycles. The molecule has 1 aromatic rings. The molecule has 0 unspecified atom stereocenters. The van der Waals surface area contributed by atoms with Crippen molar-refractivity contribution in [2.24, 2.45) is 17.8 Å². The van der Waals surface area contributed by atoms with Gasteiger partial charge >= 0.3 is 0 Å². The molecular formula is C22H32N4O2. The fourth-order valence-electron chi connectivity index (χ4n) is 6.54. The molecule has 0 aromatic carbocycles. The van der Waals surface area contributed by atoms with Gasteiger partial charge in [-0.3, -0.25) is 9.59 Å². The minimum absolute atomic E-state index is 0.0201. The van der Waals surface area contributed by atoms with Crippen LogP contribution in [-0.2, 0) is 4.79 Å². The van der Waals surface area contributed by atoms with Crippen LogP contribution < -0.4 is 0 Å². The van der Waals surface area contributed by atoms with Gasteiger partial charge in [0.15, 0.2) is 5.82 Å². The Bertz CT molecular complexity index is 712. The predicted octanol–water partition coefficient (Wildman–Crippen LogP) is 3.22. The molecule has 4 heterocycles. The number of aromatic nitrogens is 2. The summed E-state index contributed by atoms with van der Waals surface area (Å²) in [5.74, 6) is 2.42. The van der Waals surface area contributed by atoms with Gasteiger partial charge in [-0.25, -0.2) is 4.98 Å². The molecule has 6 heteroatoms. The molecular weight excluding hydrogens is 352 g/mol. The number of aromatic amines is 1. The van der Waals surface area contributed by atoms with Gasteiger partial charge in [0.2, 0.25) is 5.91 Å². The van der Waals surface area contributed by atoms with Gasteiger partial charge in [-0.2, -0.15) is 0 Å². The van der Waals surface area contributed by atoms with E-state index in [9.17, 15) is 9.59 Å². The maximum absolute atomic E-state index is 13.0. The number of amides is 2. The third kappa shape index (κ3) is 3.25. The Morgan fingerprint density at radius 3 is 2.71 bits per heavy atom. The normalized spacial score (nSPS) is 33.6. The Hall–Kier alpha value is -1.85. The van der Waals surface area contributed by atoms with E-state index in [1.165, 1.54) is 38.5 Å². The first-order valence-electron chi connectivity index (χ1n) is 11.3. The topological polar surface area (TPSA) is 69.3 Å². The molecule has 2 amide bonds. The van der Waals surface area contributed by atoms with Gasteiger partial charge in [0.05, 0.1) is 0 Å². The van der Waals surface area contributed by atoms with Gasteiger partial charge in [-0.1, -0.05) is 32.1 Å². The fourth-order valence-corrected chi connectivity index (χ4v) is 6.54. The summed E-state index contributed by atoms with van der Waals surface area (Å²) in [6, 6.07) is 0.655. The van der Waals surface area contributed by atoms with Crippen molar-refractivity contribution in [2.45, 2.75) is 76.3 Å². The SMILES string of the molecule is O=C(c1ncc[nH]1)N1C[C@H]2C[C@@H](C1)[C@H](CC1CCCCC1)N1C(=O)CCC[C@@H]21. The minimum atomic E-state index is 0.0201. The van der Waals surface area contributed by atoms with Crippen molar-refractivity contribution in [1.29, 1.82) is 0 Å². The summed E-state index contributed by atoms with van der Waals surface area (Å²) < 4.78 is 0. The second-order valence-electron chi connectivity index (χ2n) is 9.47. The number of H-pyrrole nitrogens is 1. The molecule has 3 saturated heterocycles. The smallest absolute Gasteiger partial charge is 0.289 e. The first-order chi connectivity index (χ1) is 13.7. The van der Waals surface area contributed by atoms with Crippen LogP contribution >= 0.6 is 0 Å². The Morgan fingerprint density at radius 2 is 1.93 bits per heavy atom. The molecule has 4 aliphatic rings. The van der Waals surface area contributed by atoms with E-state index >= 15 is 0 Å². The van der Waals surface area contributed by atoms with Crippen LogP contribution in [-0.4, -0.2) is 56.8 Å². The molecule has 1 saturated carbocycles. The van der Waals surface area contributed by atoms with Crippen LogP contribution in [0.1, 0.15) is 74.8 Å². The van der Waals surface area contributed by atoms with Crippen molar-refractivity contribution in [3.8, 4) is 0 Å². The van der Waals surface area contributed by atoms with Crippen molar-refractivity contribution in [2.75, 3.05) is 13.1 Å². The van der Waals surface area contributed by atoms with E-state index in [0.29, 0.717) is 42.1 Å². The van der Waals surface area contributed by atoms with Crippen LogP contribution in [0.4, 0.5) is 0 Å². The van der Waals surface area contributed by atoms with E-state index in [1.54, 1.807) is 12.4 Å². The molecule has 4 fully saturated rings. The van der Waals surface area contributed by atoms with Gasteiger partial charge < -0.3 is 14.8 Å². The highest BCUT2D eigenvalue weighted by molar-refractivity contribution is 5.90. The lowest BCUT2D eigenvalue weighted by Gasteiger charge is -2.57. The Balaban J connectivity index is 1.40. The van der Waals surface area contributed by atoms with Gasteiger partial charge in [0.25, 0.3) is 5.91 Å². The van der Waals surface area contributed by atoms with Crippen LogP contribution in [0.15, 0.2) is 12.4 Å². The number of imidazole rings is 1. The average molecular weight is 385 g/mol. The zero-order chi connectivity index (χ0) is 19.1. The lowest BCUT2D eigenvalue weighted by molar-refractivity contribution is -0.153. The van der Waals surface area contributed by atoms with Crippen LogP contribution in [0.3, 0.4) is 0 Å². The molecule has 0 spiro atoms. The molecule has 28 heavy (non-hydrogen) atoms. The van der Waals surface area contributed by atoms with E-state index in [-0.39, 0.29) is 5.91 Å². The molecule has 2 bridgehead atoms. The largest absolute Gasteiger partial charge is 0.341 e. The van der Waals surface area contributed by atoms with Crippen LogP contribution in [0.2, 0.25) is 0 Å². The minimum Gasteiger partial charge on any atom is -0.341 e. The summed E-state index contributed by atoms with van der Waals surface area (Å²) >= 11 is 0. The zero-order valence-corrected chi connectivity index (χ0v) is 16.7. The van der Waals surface area contributed by atoms with Crippen molar-refractivity contribution < 1.29 is 9.59 Å². The maximum atomic E-state index is 13.0. The second kappa shape index (κ2) is 7.53. The number of nitrogens with zero attached hydrogens (tertiary/aromatic N) is 3. The third-order valence-electron chi connectivity index (χ3n) is 7.78. The number of carbonyl (C=O) groups excluding carboxylic acids is 2. The zero-order valence-electron chi connectivity index (χ0n) is 16.7. The van der Waals surface area contributed by atoms with Gasteiger partial charge in [-0.15, -0.1) is 0 Å². The summed E-state index contributed by atoms with van der Waals surface area (Å²) in [7, 11) is 0. The number of nitrogens with one attached hydrogen (secondary N) is 1. The quantitative estimate of drug-likeness (QED) is 0.870. The Morgan fingerprint density at radius 1 is 1.11 bits per heavy atom. The lowest BCUT2D eigenvalue weighted by atomic mass is 9.69. The van der Waals surface area contributed by atoms with Gasteiger partial charge in [0.1, 0.15) is 0 Å². The fraction of sp³-hybridized carbons (Fsp3) is 0.773. The molecule has 3 aliphatic heterocycles. The number of likely N-dealkylation sites (tertiary alicyclic amines) is 1. The second-order valence-corrected chi connectivity index (χ2v) is 9.47. The van der Waals surface area contributed by atoms with Crippen molar-refractivity contribution in [3.63, 3.8) is 0 Å². The number of piperidine rings is 3. The number of fused-ring (bicyclic) bond motifs is 4. The molecule has 5 rings (SSSR count). The lowest BCUT2D eigenvalue weighted by Crippen LogP contribution is -2.65. The van der Waals surface area contributed by atoms with Crippen molar-refractivity contribution >= 4 is 11.8 Å². The monoisotopic (exact) mass is 384 g/mol. The summed E-state index contributed by atoms with van der Waals surface area (Å²) in [6.07, 6.45) is 15.2.